The summed E-state index contributed by atoms with van der Waals surface area (Å²) in [5.41, 5.74) is 6.97. The van der Waals surface area contributed by atoms with Crippen LogP contribution in [0.4, 0.5) is 0 Å². The third-order valence-corrected chi connectivity index (χ3v) is 2.54. The van der Waals surface area contributed by atoms with Gasteiger partial charge in [-0.15, -0.1) is 0 Å². The van der Waals surface area contributed by atoms with Gasteiger partial charge in [0.05, 0.1) is 19.2 Å². The summed E-state index contributed by atoms with van der Waals surface area (Å²) < 4.78 is 5.18. The van der Waals surface area contributed by atoms with E-state index in [1.807, 2.05) is 6.07 Å². The number of nitrogens with two attached hydrogens (primary N) is 1. The summed E-state index contributed by atoms with van der Waals surface area (Å²) in [6.07, 6.45) is 0. The average molecular weight is 266 g/mol. The van der Waals surface area contributed by atoms with Crippen molar-refractivity contribution in [3.05, 3.63) is 29.3 Å². The SMILES string of the molecule is CNC(=O)CNCc1ccc(/C(N)=N/O)c(OC)c1. The highest BCUT2D eigenvalue weighted by Gasteiger charge is 2.08. The first kappa shape index (κ1) is 14.8. The third kappa shape index (κ3) is 4.14. The van der Waals surface area contributed by atoms with Gasteiger partial charge in [0.25, 0.3) is 0 Å². The summed E-state index contributed by atoms with van der Waals surface area (Å²) in [7, 11) is 3.09. The molecule has 7 nitrogen and oxygen atoms in total. The molecular formula is C12H18N4O3. The predicted molar refractivity (Wildman–Crippen MR) is 71.3 cm³/mol. The van der Waals surface area contributed by atoms with Crippen LogP contribution in [-0.2, 0) is 11.3 Å². The summed E-state index contributed by atoms with van der Waals surface area (Å²) in [4.78, 5) is 11.0. The van der Waals surface area contributed by atoms with Crippen molar-refractivity contribution < 1.29 is 14.7 Å². The Hall–Kier alpha value is -2.28. The minimum Gasteiger partial charge on any atom is -0.496 e. The molecule has 0 aliphatic rings. The van der Waals surface area contributed by atoms with Gasteiger partial charge >= 0.3 is 0 Å². The lowest BCUT2D eigenvalue weighted by Gasteiger charge is -2.10. The van der Waals surface area contributed by atoms with Gasteiger partial charge in [-0.2, -0.15) is 0 Å². The molecule has 0 aromatic heterocycles. The molecule has 0 radical (unpaired) electrons. The van der Waals surface area contributed by atoms with Crippen LogP contribution in [-0.4, -0.2) is 37.7 Å². The average Bonchev–Trinajstić information content (AvgIpc) is 2.45. The smallest absolute Gasteiger partial charge is 0.233 e. The standard InChI is InChI=1S/C12H18N4O3/c1-14-11(17)7-15-6-8-3-4-9(12(13)16-18)10(5-8)19-2/h3-5,15,18H,6-7H2,1-2H3,(H2,13,16)(H,14,17). The van der Waals surface area contributed by atoms with E-state index in [2.05, 4.69) is 15.8 Å². The molecule has 0 saturated heterocycles. The Morgan fingerprint density at radius 3 is 2.84 bits per heavy atom. The van der Waals surface area contributed by atoms with E-state index in [0.29, 0.717) is 17.9 Å². The molecule has 0 unspecified atom stereocenters. The van der Waals surface area contributed by atoms with Crippen molar-refractivity contribution in [2.45, 2.75) is 6.54 Å². The predicted octanol–water partition coefficient (Wildman–Crippen LogP) is -0.375. The van der Waals surface area contributed by atoms with Crippen molar-refractivity contribution in [3.8, 4) is 5.75 Å². The van der Waals surface area contributed by atoms with Gasteiger partial charge in [-0.05, 0) is 17.7 Å². The fourth-order valence-electron chi connectivity index (χ4n) is 1.52. The normalized spacial score (nSPS) is 11.2. The first-order valence-corrected chi connectivity index (χ1v) is 5.68. The second-order valence-electron chi connectivity index (χ2n) is 3.80. The minimum absolute atomic E-state index is 0.0123. The van der Waals surface area contributed by atoms with Crippen molar-refractivity contribution in [1.29, 1.82) is 0 Å². The number of oxime groups is 1. The molecule has 7 heteroatoms. The maximum absolute atomic E-state index is 11.0. The van der Waals surface area contributed by atoms with Gasteiger partial charge in [0, 0.05) is 13.6 Å². The molecule has 19 heavy (non-hydrogen) atoms. The van der Waals surface area contributed by atoms with E-state index in [1.54, 1.807) is 19.2 Å². The lowest BCUT2D eigenvalue weighted by molar-refractivity contribution is -0.119. The van der Waals surface area contributed by atoms with Crippen molar-refractivity contribution >= 4 is 11.7 Å². The molecule has 0 bridgehead atoms. The summed E-state index contributed by atoms with van der Waals surface area (Å²) in [5, 5.41) is 17.1. The summed E-state index contributed by atoms with van der Waals surface area (Å²) >= 11 is 0. The van der Waals surface area contributed by atoms with E-state index < -0.39 is 0 Å². The van der Waals surface area contributed by atoms with Crippen molar-refractivity contribution in [1.82, 2.24) is 10.6 Å². The molecule has 0 aliphatic heterocycles. The van der Waals surface area contributed by atoms with Crippen molar-refractivity contribution in [3.63, 3.8) is 0 Å². The zero-order valence-electron chi connectivity index (χ0n) is 10.9. The number of ether oxygens (including phenoxy) is 1. The topological polar surface area (TPSA) is 109 Å². The van der Waals surface area contributed by atoms with Crippen LogP contribution in [0.2, 0.25) is 0 Å². The molecular weight excluding hydrogens is 248 g/mol. The number of amidine groups is 1. The second-order valence-corrected chi connectivity index (χ2v) is 3.80. The van der Waals surface area contributed by atoms with Gasteiger partial charge in [-0.25, -0.2) is 0 Å². The zero-order chi connectivity index (χ0) is 14.3. The van der Waals surface area contributed by atoms with E-state index in [1.165, 1.54) is 7.11 Å². The van der Waals surface area contributed by atoms with E-state index in [4.69, 9.17) is 15.7 Å². The van der Waals surface area contributed by atoms with Gasteiger partial charge < -0.3 is 26.3 Å². The highest BCUT2D eigenvalue weighted by atomic mass is 16.5. The number of methoxy groups -OCH3 is 1. The van der Waals surface area contributed by atoms with Crippen LogP contribution in [0, 0.1) is 0 Å². The second kappa shape index (κ2) is 7.22. The van der Waals surface area contributed by atoms with Gasteiger partial charge in [0.2, 0.25) is 5.91 Å². The monoisotopic (exact) mass is 266 g/mol. The largest absolute Gasteiger partial charge is 0.496 e. The van der Waals surface area contributed by atoms with Crippen molar-refractivity contribution in [2.75, 3.05) is 20.7 Å². The highest BCUT2D eigenvalue weighted by molar-refractivity contribution is 5.99. The summed E-state index contributed by atoms with van der Waals surface area (Å²) in [5.74, 6) is 0.413. The number of nitrogens with one attached hydrogen (secondary N) is 2. The van der Waals surface area contributed by atoms with Gasteiger partial charge in [0.15, 0.2) is 5.84 Å². The van der Waals surface area contributed by atoms with Gasteiger partial charge in [-0.1, -0.05) is 11.2 Å². The van der Waals surface area contributed by atoms with Crippen LogP contribution in [0.15, 0.2) is 23.4 Å². The maximum atomic E-state index is 11.0. The van der Waals surface area contributed by atoms with E-state index in [9.17, 15) is 4.79 Å². The molecule has 0 spiro atoms. The van der Waals surface area contributed by atoms with Crippen molar-refractivity contribution in [2.24, 2.45) is 10.9 Å². The molecule has 0 saturated carbocycles. The number of amides is 1. The number of benzene rings is 1. The molecule has 104 valence electrons. The Kier molecular flexibility index (Phi) is 5.62. The summed E-state index contributed by atoms with van der Waals surface area (Å²) in [6.45, 7) is 0.751. The lowest BCUT2D eigenvalue weighted by atomic mass is 10.1. The molecule has 0 heterocycles. The van der Waals surface area contributed by atoms with Crippen LogP contribution < -0.4 is 21.1 Å². The molecule has 1 aromatic carbocycles. The molecule has 1 amide bonds. The van der Waals surface area contributed by atoms with Crippen LogP contribution in [0.3, 0.4) is 0 Å². The number of rotatable bonds is 6. The highest BCUT2D eigenvalue weighted by Crippen LogP contribution is 2.19. The van der Waals surface area contributed by atoms with E-state index in [0.717, 1.165) is 5.56 Å². The summed E-state index contributed by atoms with van der Waals surface area (Å²) in [6, 6.07) is 5.28. The Bertz CT molecular complexity index is 474. The number of hydrogen-bond donors (Lipinski definition) is 4. The number of nitrogens with zero attached hydrogens (tertiary/aromatic N) is 1. The van der Waals surface area contributed by atoms with E-state index >= 15 is 0 Å². The molecule has 0 atom stereocenters. The van der Waals surface area contributed by atoms with Crippen LogP contribution in [0.25, 0.3) is 0 Å². The number of carbonyl (C=O) groups is 1. The Balaban J connectivity index is 2.74. The number of hydrogen-bond acceptors (Lipinski definition) is 5. The minimum atomic E-state index is -0.0831. The molecule has 0 aliphatic carbocycles. The van der Waals surface area contributed by atoms with Crippen LogP contribution in [0.5, 0.6) is 5.75 Å². The number of likely N-dealkylation sites (N-methyl/N-ethyl adjacent to an activating group) is 1. The number of carbonyl (C=O) groups excluding carboxylic acids is 1. The fraction of sp³-hybridized carbons (Fsp3) is 0.333. The zero-order valence-corrected chi connectivity index (χ0v) is 10.9. The first-order valence-electron chi connectivity index (χ1n) is 5.68. The van der Waals surface area contributed by atoms with E-state index in [-0.39, 0.29) is 18.3 Å². The van der Waals surface area contributed by atoms with Crippen LogP contribution in [0.1, 0.15) is 11.1 Å². The fourth-order valence-corrected chi connectivity index (χ4v) is 1.52. The third-order valence-electron chi connectivity index (χ3n) is 2.54. The molecule has 0 fully saturated rings. The first-order chi connectivity index (χ1) is 9.12. The Morgan fingerprint density at radius 1 is 1.53 bits per heavy atom. The Labute approximate surface area is 111 Å². The molecule has 1 rings (SSSR count). The van der Waals surface area contributed by atoms with Gasteiger partial charge in [0.1, 0.15) is 5.75 Å². The molecule has 1 aromatic rings. The lowest BCUT2D eigenvalue weighted by Crippen LogP contribution is -2.31. The van der Waals surface area contributed by atoms with Crippen LogP contribution >= 0.6 is 0 Å². The quantitative estimate of drug-likeness (QED) is 0.243. The molecule has 5 N–H and O–H groups in total. The Morgan fingerprint density at radius 2 is 2.26 bits per heavy atom. The maximum Gasteiger partial charge on any atom is 0.233 e. The van der Waals surface area contributed by atoms with Gasteiger partial charge in [-0.3, -0.25) is 4.79 Å².